The highest BCUT2D eigenvalue weighted by Gasteiger charge is 2.14. The number of nitrogens with zero attached hydrogens (tertiary/aromatic N) is 1. The van der Waals surface area contributed by atoms with E-state index in [-0.39, 0.29) is 0 Å². The van der Waals surface area contributed by atoms with Crippen LogP contribution >= 0.6 is 11.3 Å². The number of benzene rings is 1. The molecule has 0 aliphatic heterocycles. The van der Waals surface area contributed by atoms with E-state index in [2.05, 4.69) is 50.9 Å². The molecule has 1 aromatic carbocycles. The zero-order chi connectivity index (χ0) is 12.6. The maximum atomic E-state index is 5.83. The van der Waals surface area contributed by atoms with Crippen molar-refractivity contribution in [2.75, 3.05) is 5.73 Å². The summed E-state index contributed by atoms with van der Waals surface area (Å²) in [5.41, 5.74) is 10.7. The summed E-state index contributed by atoms with van der Waals surface area (Å²) < 4.78 is 0. The molecule has 0 unspecified atom stereocenters. The molecule has 0 saturated heterocycles. The molecule has 17 heavy (non-hydrogen) atoms. The minimum Gasteiger partial charge on any atom is -0.375 e. The van der Waals surface area contributed by atoms with Crippen LogP contribution in [-0.2, 0) is 0 Å². The monoisotopic (exact) mass is 246 g/mol. The fraction of sp³-hybridized carbons (Fsp3) is 0.357. The van der Waals surface area contributed by atoms with E-state index in [4.69, 9.17) is 5.73 Å². The lowest BCUT2D eigenvalue weighted by Gasteiger charge is -2.07. The van der Waals surface area contributed by atoms with Gasteiger partial charge < -0.3 is 5.73 Å². The number of rotatable bonds is 2. The van der Waals surface area contributed by atoms with Crippen molar-refractivity contribution in [2.24, 2.45) is 0 Å². The molecule has 0 fully saturated rings. The van der Waals surface area contributed by atoms with Crippen molar-refractivity contribution in [1.82, 2.24) is 4.98 Å². The summed E-state index contributed by atoms with van der Waals surface area (Å²) in [7, 11) is 0. The molecule has 2 N–H and O–H groups in total. The predicted octanol–water partition coefficient (Wildman–Crippen LogP) is 4.13. The summed E-state index contributed by atoms with van der Waals surface area (Å²) in [6.45, 7) is 8.61. The SMILES string of the molecule is Cc1ccc(-c2nc(N)sc2C(C)C)cc1C. The Hall–Kier alpha value is -1.35. The Kier molecular flexibility index (Phi) is 3.20. The second-order valence-electron chi connectivity index (χ2n) is 4.72. The molecule has 0 atom stereocenters. The molecule has 0 saturated carbocycles. The van der Waals surface area contributed by atoms with E-state index in [1.54, 1.807) is 11.3 Å². The fourth-order valence-corrected chi connectivity index (χ4v) is 2.69. The van der Waals surface area contributed by atoms with Crippen molar-refractivity contribution in [3.63, 3.8) is 0 Å². The Morgan fingerprint density at radius 2 is 1.88 bits per heavy atom. The molecule has 2 rings (SSSR count). The lowest BCUT2D eigenvalue weighted by atomic mass is 10.0. The maximum absolute atomic E-state index is 5.83. The highest BCUT2D eigenvalue weighted by atomic mass is 32.1. The van der Waals surface area contributed by atoms with E-state index in [1.807, 2.05) is 0 Å². The minimum absolute atomic E-state index is 0.460. The van der Waals surface area contributed by atoms with Gasteiger partial charge in [0, 0.05) is 10.4 Å². The molecule has 0 radical (unpaired) electrons. The number of aromatic nitrogens is 1. The van der Waals surface area contributed by atoms with Gasteiger partial charge in [-0.1, -0.05) is 26.0 Å². The zero-order valence-electron chi connectivity index (χ0n) is 10.7. The van der Waals surface area contributed by atoms with Crippen molar-refractivity contribution in [3.8, 4) is 11.3 Å². The third kappa shape index (κ3) is 2.34. The van der Waals surface area contributed by atoms with Crippen molar-refractivity contribution >= 4 is 16.5 Å². The zero-order valence-corrected chi connectivity index (χ0v) is 11.6. The number of anilines is 1. The van der Waals surface area contributed by atoms with Crippen molar-refractivity contribution in [1.29, 1.82) is 0 Å². The Morgan fingerprint density at radius 1 is 1.18 bits per heavy atom. The Labute approximate surface area is 107 Å². The van der Waals surface area contributed by atoms with Gasteiger partial charge in [0.25, 0.3) is 0 Å². The van der Waals surface area contributed by atoms with Crippen LogP contribution in [-0.4, -0.2) is 4.98 Å². The first-order valence-electron chi connectivity index (χ1n) is 5.83. The molecule has 90 valence electrons. The molecule has 1 aromatic heterocycles. The van der Waals surface area contributed by atoms with Crippen LogP contribution in [0.4, 0.5) is 5.13 Å². The van der Waals surface area contributed by atoms with Crippen LogP contribution in [0, 0.1) is 13.8 Å². The first-order chi connectivity index (χ1) is 7.99. The van der Waals surface area contributed by atoms with E-state index < -0.39 is 0 Å². The topological polar surface area (TPSA) is 38.9 Å². The highest BCUT2D eigenvalue weighted by Crippen LogP contribution is 2.35. The van der Waals surface area contributed by atoms with Crippen LogP contribution in [0.2, 0.25) is 0 Å². The van der Waals surface area contributed by atoms with Gasteiger partial charge in [-0.3, -0.25) is 0 Å². The van der Waals surface area contributed by atoms with Gasteiger partial charge in [0.05, 0.1) is 5.69 Å². The molecule has 0 aliphatic rings. The predicted molar refractivity (Wildman–Crippen MR) is 75.5 cm³/mol. The minimum atomic E-state index is 0.460. The summed E-state index contributed by atoms with van der Waals surface area (Å²) in [6, 6.07) is 6.46. The van der Waals surface area contributed by atoms with E-state index in [0.29, 0.717) is 11.0 Å². The number of nitrogens with two attached hydrogens (primary N) is 1. The molecule has 2 nitrogen and oxygen atoms in total. The van der Waals surface area contributed by atoms with Crippen molar-refractivity contribution in [2.45, 2.75) is 33.6 Å². The van der Waals surface area contributed by atoms with Crippen LogP contribution < -0.4 is 5.73 Å². The molecular formula is C14H18N2S. The van der Waals surface area contributed by atoms with Gasteiger partial charge in [0.2, 0.25) is 0 Å². The molecule has 0 bridgehead atoms. The van der Waals surface area contributed by atoms with Gasteiger partial charge in [-0.15, -0.1) is 11.3 Å². The summed E-state index contributed by atoms with van der Waals surface area (Å²) in [5, 5.41) is 0.655. The van der Waals surface area contributed by atoms with Gasteiger partial charge in [-0.25, -0.2) is 4.98 Å². The molecule has 0 aliphatic carbocycles. The smallest absolute Gasteiger partial charge is 0.180 e. The lowest BCUT2D eigenvalue weighted by molar-refractivity contribution is 0.888. The summed E-state index contributed by atoms with van der Waals surface area (Å²) in [5.74, 6) is 0.460. The van der Waals surface area contributed by atoms with Gasteiger partial charge in [-0.05, 0) is 37.0 Å². The molecular weight excluding hydrogens is 228 g/mol. The number of hydrogen-bond donors (Lipinski definition) is 1. The van der Waals surface area contributed by atoms with Crippen LogP contribution in [0.1, 0.15) is 35.8 Å². The third-order valence-corrected chi connectivity index (χ3v) is 4.16. The number of thiazole rings is 1. The van der Waals surface area contributed by atoms with Gasteiger partial charge in [0.15, 0.2) is 5.13 Å². The van der Waals surface area contributed by atoms with Crippen LogP contribution in [0.15, 0.2) is 18.2 Å². The van der Waals surface area contributed by atoms with E-state index in [0.717, 1.165) is 5.69 Å². The van der Waals surface area contributed by atoms with Crippen molar-refractivity contribution in [3.05, 3.63) is 34.2 Å². The first-order valence-corrected chi connectivity index (χ1v) is 6.64. The van der Waals surface area contributed by atoms with Crippen LogP contribution in [0.25, 0.3) is 11.3 Å². The van der Waals surface area contributed by atoms with Gasteiger partial charge in [-0.2, -0.15) is 0 Å². The van der Waals surface area contributed by atoms with E-state index in [1.165, 1.54) is 21.6 Å². The number of hydrogen-bond acceptors (Lipinski definition) is 3. The Morgan fingerprint density at radius 3 is 2.47 bits per heavy atom. The summed E-state index contributed by atoms with van der Waals surface area (Å²) in [6.07, 6.45) is 0. The van der Waals surface area contributed by atoms with Gasteiger partial charge in [0.1, 0.15) is 0 Å². The molecule has 3 heteroatoms. The average Bonchev–Trinajstić information content (AvgIpc) is 2.64. The summed E-state index contributed by atoms with van der Waals surface area (Å²) >= 11 is 1.59. The maximum Gasteiger partial charge on any atom is 0.180 e. The normalized spacial score (nSPS) is 11.1. The standard InChI is InChI=1S/C14H18N2S/c1-8(2)13-12(16-14(15)17-13)11-6-5-9(3)10(4)7-11/h5-8H,1-4H3,(H2,15,16). The highest BCUT2D eigenvalue weighted by molar-refractivity contribution is 7.15. The van der Waals surface area contributed by atoms with Gasteiger partial charge >= 0.3 is 0 Å². The van der Waals surface area contributed by atoms with Crippen LogP contribution in [0.3, 0.4) is 0 Å². The van der Waals surface area contributed by atoms with E-state index in [9.17, 15) is 0 Å². The molecule has 2 aromatic rings. The molecule has 0 amide bonds. The largest absolute Gasteiger partial charge is 0.375 e. The van der Waals surface area contributed by atoms with Crippen molar-refractivity contribution < 1.29 is 0 Å². The number of nitrogen functional groups attached to an aromatic ring is 1. The Bertz CT molecular complexity index is 541. The second kappa shape index (κ2) is 4.49. The summed E-state index contributed by atoms with van der Waals surface area (Å²) in [4.78, 5) is 5.74. The van der Waals surface area contributed by atoms with E-state index >= 15 is 0 Å². The molecule has 0 spiro atoms. The van der Waals surface area contributed by atoms with Crippen LogP contribution in [0.5, 0.6) is 0 Å². The second-order valence-corrected chi connectivity index (χ2v) is 5.78. The quantitative estimate of drug-likeness (QED) is 0.865. The average molecular weight is 246 g/mol. The third-order valence-electron chi connectivity index (χ3n) is 2.97. The Balaban J connectivity index is 2.55. The lowest BCUT2D eigenvalue weighted by Crippen LogP contribution is -1.90. The fourth-order valence-electron chi connectivity index (χ4n) is 1.84. The molecule has 1 heterocycles. The first kappa shape index (κ1) is 12.1. The number of aryl methyl sites for hydroxylation is 2.